The lowest BCUT2D eigenvalue weighted by Crippen LogP contribution is -2.13. The van der Waals surface area contributed by atoms with Gasteiger partial charge in [-0.1, -0.05) is 23.4 Å². The van der Waals surface area contributed by atoms with Gasteiger partial charge in [0.25, 0.3) is 0 Å². The first-order chi connectivity index (χ1) is 9.42. The van der Waals surface area contributed by atoms with Gasteiger partial charge in [-0.2, -0.15) is 10.3 Å². The molecule has 7 nitrogen and oxygen atoms in total. The molecule has 3 aromatic rings. The van der Waals surface area contributed by atoms with Crippen molar-refractivity contribution in [2.24, 2.45) is 0 Å². The highest BCUT2D eigenvalue weighted by Gasteiger charge is 2.01. The number of para-hydroxylation sites is 1. The number of H-pyrrole nitrogens is 1. The Kier molecular flexibility index (Phi) is 3.28. The van der Waals surface area contributed by atoms with Crippen LogP contribution >= 0.6 is 0 Å². The maximum atomic E-state index is 4.33. The lowest BCUT2D eigenvalue weighted by atomic mass is 10.3. The van der Waals surface area contributed by atoms with Crippen molar-refractivity contribution in [3.05, 3.63) is 54.1 Å². The number of hydrogen-bond donors (Lipinski definition) is 2. The van der Waals surface area contributed by atoms with Crippen LogP contribution in [0, 0.1) is 0 Å². The summed E-state index contributed by atoms with van der Waals surface area (Å²) in [5.41, 5.74) is 2.15. The van der Waals surface area contributed by atoms with Crippen LogP contribution < -0.4 is 5.32 Å². The molecule has 0 atom stereocenters. The zero-order chi connectivity index (χ0) is 12.9. The summed E-state index contributed by atoms with van der Waals surface area (Å²) in [6.45, 7) is 1.29. The molecule has 0 amide bonds. The van der Waals surface area contributed by atoms with E-state index in [9.17, 15) is 0 Å². The van der Waals surface area contributed by atoms with E-state index in [0.29, 0.717) is 18.9 Å². The van der Waals surface area contributed by atoms with Gasteiger partial charge in [0.1, 0.15) is 0 Å². The first kappa shape index (κ1) is 11.5. The van der Waals surface area contributed by atoms with Gasteiger partial charge < -0.3 is 5.32 Å². The second-order valence-electron chi connectivity index (χ2n) is 4.06. The molecule has 0 saturated heterocycles. The Labute approximate surface area is 109 Å². The Hall–Kier alpha value is -2.54. The average Bonchev–Trinajstić information content (AvgIpc) is 3.11. The summed E-state index contributed by atoms with van der Waals surface area (Å²) >= 11 is 0. The number of nitrogens with zero attached hydrogens (tertiary/aromatic N) is 5. The quantitative estimate of drug-likeness (QED) is 0.700. The van der Waals surface area contributed by atoms with Crippen molar-refractivity contribution in [1.29, 1.82) is 0 Å². The summed E-state index contributed by atoms with van der Waals surface area (Å²) in [5, 5.41) is 21.2. The number of aromatic nitrogens is 6. The first-order valence-corrected chi connectivity index (χ1v) is 5.94. The van der Waals surface area contributed by atoms with Crippen LogP contribution in [0.5, 0.6) is 0 Å². The standard InChI is InChI=1S/C12H13N7/c1-2-4-11(5-3-1)19-9-10(7-14-19)6-13-8-12-15-17-18-16-12/h1-5,7,9,13H,6,8H2,(H,15,16,17,18). The molecule has 1 aromatic carbocycles. The number of tetrazole rings is 1. The topological polar surface area (TPSA) is 84.3 Å². The van der Waals surface area contributed by atoms with Crippen LogP contribution in [0.4, 0.5) is 0 Å². The molecule has 2 aromatic heterocycles. The lowest BCUT2D eigenvalue weighted by Gasteiger charge is -2.00. The summed E-state index contributed by atoms with van der Waals surface area (Å²) in [5.74, 6) is 0.649. The minimum Gasteiger partial charge on any atom is -0.305 e. The van der Waals surface area contributed by atoms with Crippen molar-refractivity contribution in [3.63, 3.8) is 0 Å². The Morgan fingerprint density at radius 2 is 2.05 bits per heavy atom. The van der Waals surface area contributed by atoms with Crippen molar-refractivity contribution >= 4 is 0 Å². The van der Waals surface area contributed by atoms with Crippen LogP contribution in [0.25, 0.3) is 5.69 Å². The zero-order valence-corrected chi connectivity index (χ0v) is 10.2. The van der Waals surface area contributed by atoms with Gasteiger partial charge in [0.2, 0.25) is 0 Å². The molecule has 96 valence electrons. The highest BCUT2D eigenvalue weighted by molar-refractivity contribution is 5.30. The molecule has 0 aliphatic heterocycles. The number of aromatic amines is 1. The maximum absolute atomic E-state index is 4.33. The van der Waals surface area contributed by atoms with Crippen molar-refractivity contribution < 1.29 is 0 Å². The fraction of sp³-hybridized carbons (Fsp3) is 0.167. The predicted octanol–water partition coefficient (Wildman–Crippen LogP) is 0.675. The van der Waals surface area contributed by atoms with Gasteiger partial charge >= 0.3 is 0 Å². The molecule has 0 saturated carbocycles. The third-order valence-corrected chi connectivity index (χ3v) is 2.66. The third kappa shape index (κ3) is 2.83. The molecule has 0 spiro atoms. The largest absolute Gasteiger partial charge is 0.305 e. The molecule has 2 heterocycles. The molecule has 3 rings (SSSR count). The van der Waals surface area contributed by atoms with E-state index in [1.807, 2.05) is 47.4 Å². The van der Waals surface area contributed by atoms with Crippen molar-refractivity contribution in [3.8, 4) is 5.69 Å². The highest BCUT2D eigenvalue weighted by atomic mass is 15.5. The van der Waals surface area contributed by atoms with Crippen LogP contribution in [0.3, 0.4) is 0 Å². The zero-order valence-electron chi connectivity index (χ0n) is 10.2. The van der Waals surface area contributed by atoms with Crippen molar-refractivity contribution in [2.75, 3.05) is 0 Å². The summed E-state index contributed by atoms with van der Waals surface area (Å²) < 4.78 is 1.85. The minimum absolute atomic E-state index is 0.576. The van der Waals surface area contributed by atoms with E-state index in [0.717, 1.165) is 11.3 Å². The monoisotopic (exact) mass is 255 g/mol. The van der Waals surface area contributed by atoms with E-state index in [4.69, 9.17) is 0 Å². The average molecular weight is 255 g/mol. The van der Waals surface area contributed by atoms with Crippen molar-refractivity contribution in [2.45, 2.75) is 13.1 Å². The first-order valence-electron chi connectivity index (χ1n) is 5.94. The second-order valence-corrected chi connectivity index (χ2v) is 4.06. The molecule has 19 heavy (non-hydrogen) atoms. The number of rotatable bonds is 5. The van der Waals surface area contributed by atoms with E-state index in [-0.39, 0.29) is 0 Å². The molecule has 0 bridgehead atoms. The van der Waals surface area contributed by atoms with Gasteiger partial charge in [-0.05, 0) is 12.1 Å². The van der Waals surface area contributed by atoms with Gasteiger partial charge in [-0.15, -0.1) is 10.2 Å². The molecule has 0 unspecified atom stereocenters. The summed E-state index contributed by atoms with van der Waals surface area (Å²) in [6.07, 6.45) is 3.84. The number of nitrogens with one attached hydrogen (secondary N) is 2. The van der Waals surface area contributed by atoms with E-state index in [1.165, 1.54) is 0 Å². The molecule has 0 aliphatic carbocycles. The van der Waals surface area contributed by atoms with E-state index in [2.05, 4.69) is 31.0 Å². The predicted molar refractivity (Wildman–Crippen MR) is 68.3 cm³/mol. The van der Waals surface area contributed by atoms with Gasteiger partial charge in [-0.3, -0.25) is 0 Å². The van der Waals surface area contributed by atoms with E-state index < -0.39 is 0 Å². The van der Waals surface area contributed by atoms with Crippen molar-refractivity contribution in [1.82, 2.24) is 35.7 Å². The molecule has 0 radical (unpaired) electrons. The number of benzene rings is 1. The Morgan fingerprint density at radius 3 is 2.84 bits per heavy atom. The summed E-state index contributed by atoms with van der Waals surface area (Å²) in [4.78, 5) is 0. The second kappa shape index (κ2) is 5.40. The van der Waals surface area contributed by atoms with Crippen LogP contribution in [0.1, 0.15) is 11.4 Å². The summed E-state index contributed by atoms with van der Waals surface area (Å²) in [7, 11) is 0. The van der Waals surface area contributed by atoms with Gasteiger partial charge in [-0.25, -0.2) is 4.68 Å². The Morgan fingerprint density at radius 1 is 1.16 bits per heavy atom. The van der Waals surface area contributed by atoms with Gasteiger partial charge in [0, 0.05) is 18.3 Å². The Balaban J connectivity index is 1.59. The normalized spacial score (nSPS) is 10.7. The molecule has 0 fully saturated rings. The molecule has 2 N–H and O–H groups in total. The highest BCUT2D eigenvalue weighted by Crippen LogP contribution is 2.07. The fourth-order valence-electron chi connectivity index (χ4n) is 1.75. The smallest absolute Gasteiger partial charge is 0.188 e. The van der Waals surface area contributed by atoms with Crippen LogP contribution in [0.2, 0.25) is 0 Å². The van der Waals surface area contributed by atoms with E-state index in [1.54, 1.807) is 0 Å². The van der Waals surface area contributed by atoms with E-state index >= 15 is 0 Å². The maximum Gasteiger partial charge on any atom is 0.188 e. The molecule has 7 heteroatoms. The van der Waals surface area contributed by atoms with Crippen LogP contribution in [0.15, 0.2) is 42.7 Å². The number of hydrogen-bond acceptors (Lipinski definition) is 5. The van der Waals surface area contributed by atoms with Gasteiger partial charge in [0.05, 0.1) is 18.4 Å². The minimum atomic E-state index is 0.576. The molecule has 0 aliphatic rings. The lowest BCUT2D eigenvalue weighted by molar-refractivity contribution is 0.663. The third-order valence-electron chi connectivity index (χ3n) is 2.66. The van der Waals surface area contributed by atoms with Crippen LogP contribution in [-0.2, 0) is 13.1 Å². The fourth-order valence-corrected chi connectivity index (χ4v) is 1.75. The van der Waals surface area contributed by atoms with Crippen LogP contribution in [-0.4, -0.2) is 30.4 Å². The SMILES string of the molecule is c1ccc(-n2cc(CNCc3nn[nH]n3)cn2)cc1. The van der Waals surface area contributed by atoms with Gasteiger partial charge in [0.15, 0.2) is 5.82 Å². The Bertz CT molecular complexity index is 615. The molecular weight excluding hydrogens is 242 g/mol. The molecular formula is C12H13N7. The summed E-state index contributed by atoms with van der Waals surface area (Å²) in [6, 6.07) is 10.0.